The molecule has 0 fully saturated rings. The summed E-state index contributed by atoms with van der Waals surface area (Å²) in [5.41, 5.74) is 0.160. The second-order valence-corrected chi connectivity index (χ2v) is 4.35. The maximum atomic E-state index is 12.0. The second kappa shape index (κ2) is 6.06. The smallest absolute Gasteiger partial charge is 0.255 e. The number of amides is 2. The molecule has 2 rings (SSSR count). The summed E-state index contributed by atoms with van der Waals surface area (Å²) in [6.07, 6.45) is 0. The Morgan fingerprint density at radius 1 is 1.10 bits per heavy atom. The van der Waals surface area contributed by atoms with Gasteiger partial charge in [0.15, 0.2) is 0 Å². The number of hydrogen-bond donors (Lipinski definition) is 3. The molecule has 0 aliphatic rings. The molecular formula is C15H16N2O3. The molecule has 2 aromatic carbocycles. The number of likely N-dealkylation sites (N-methyl/N-ethyl adjacent to an activating group) is 1. The molecule has 0 spiro atoms. The minimum atomic E-state index is -0.473. The molecule has 0 heterocycles. The van der Waals surface area contributed by atoms with Gasteiger partial charge in [-0.15, -0.1) is 0 Å². The predicted octanol–water partition coefficient (Wildman–Crippen LogP) is 1.41. The molecular weight excluding hydrogens is 256 g/mol. The largest absolute Gasteiger partial charge is 0.507 e. The Morgan fingerprint density at radius 2 is 1.75 bits per heavy atom. The van der Waals surface area contributed by atoms with Crippen LogP contribution in [0.5, 0.6) is 5.75 Å². The summed E-state index contributed by atoms with van der Waals surface area (Å²) in [4.78, 5) is 23.3. The topological polar surface area (TPSA) is 78.4 Å². The van der Waals surface area contributed by atoms with Gasteiger partial charge < -0.3 is 15.7 Å². The number of hydrogen-bond acceptors (Lipinski definition) is 3. The van der Waals surface area contributed by atoms with Crippen LogP contribution in [-0.2, 0) is 4.79 Å². The van der Waals surface area contributed by atoms with Crippen LogP contribution in [0.1, 0.15) is 17.3 Å². The van der Waals surface area contributed by atoms with E-state index in [0.717, 1.165) is 10.8 Å². The molecule has 0 unspecified atom stereocenters. The normalized spacial score (nSPS) is 10.2. The fraction of sp³-hybridized carbons (Fsp3) is 0.200. The minimum Gasteiger partial charge on any atom is -0.507 e. The second-order valence-electron chi connectivity index (χ2n) is 4.35. The zero-order chi connectivity index (χ0) is 14.5. The van der Waals surface area contributed by atoms with Crippen LogP contribution in [-0.4, -0.2) is 30.0 Å². The number of carbonyl (C=O) groups is 2. The summed E-state index contributed by atoms with van der Waals surface area (Å²) in [5, 5.41) is 16.7. The van der Waals surface area contributed by atoms with E-state index in [1.54, 1.807) is 13.0 Å². The minimum absolute atomic E-state index is 0.0999. The number of benzene rings is 2. The third kappa shape index (κ3) is 3.06. The Bertz CT molecular complexity index is 653. The van der Waals surface area contributed by atoms with Crippen molar-refractivity contribution in [3.8, 4) is 5.75 Å². The van der Waals surface area contributed by atoms with Gasteiger partial charge in [0.05, 0.1) is 12.1 Å². The Labute approximate surface area is 116 Å². The van der Waals surface area contributed by atoms with Crippen molar-refractivity contribution in [1.82, 2.24) is 10.6 Å². The molecule has 0 atom stereocenters. The average Bonchev–Trinajstić information content (AvgIpc) is 2.44. The van der Waals surface area contributed by atoms with Gasteiger partial charge in [-0.1, -0.05) is 24.3 Å². The van der Waals surface area contributed by atoms with Gasteiger partial charge in [0.2, 0.25) is 5.91 Å². The lowest BCUT2D eigenvalue weighted by molar-refractivity contribution is -0.120. The van der Waals surface area contributed by atoms with Gasteiger partial charge in [0.25, 0.3) is 5.91 Å². The molecule has 3 N–H and O–H groups in total. The molecule has 0 aliphatic carbocycles. The summed E-state index contributed by atoms with van der Waals surface area (Å²) >= 11 is 0. The highest BCUT2D eigenvalue weighted by Crippen LogP contribution is 2.24. The van der Waals surface area contributed by atoms with Crippen LogP contribution in [0, 0.1) is 0 Å². The van der Waals surface area contributed by atoms with Crippen LogP contribution in [0.3, 0.4) is 0 Å². The maximum Gasteiger partial charge on any atom is 0.255 e. The lowest BCUT2D eigenvalue weighted by atomic mass is 10.1. The highest BCUT2D eigenvalue weighted by molar-refractivity contribution is 6.02. The average molecular weight is 272 g/mol. The van der Waals surface area contributed by atoms with Crippen molar-refractivity contribution in [2.24, 2.45) is 0 Å². The van der Waals surface area contributed by atoms with Gasteiger partial charge in [-0.05, 0) is 29.8 Å². The maximum absolute atomic E-state index is 12.0. The van der Waals surface area contributed by atoms with E-state index in [9.17, 15) is 14.7 Å². The highest BCUT2D eigenvalue weighted by Gasteiger charge is 2.13. The number of phenolic OH excluding ortho intramolecular Hbond substituents is 1. The summed E-state index contributed by atoms with van der Waals surface area (Å²) in [6.45, 7) is 2.20. The summed E-state index contributed by atoms with van der Waals surface area (Å²) < 4.78 is 0. The Hall–Kier alpha value is -2.56. The molecule has 0 radical (unpaired) electrons. The van der Waals surface area contributed by atoms with Crippen molar-refractivity contribution >= 4 is 22.6 Å². The fourth-order valence-electron chi connectivity index (χ4n) is 1.93. The summed E-state index contributed by atoms with van der Waals surface area (Å²) in [7, 11) is 0. The number of aromatic hydroxyl groups is 1. The van der Waals surface area contributed by atoms with Crippen LogP contribution in [0.2, 0.25) is 0 Å². The van der Waals surface area contributed by atoms with Gasteiger partial charge in [-0.2, -0.15) is 0 Å². The Balaban J connectivity index is 2.17. The Kier molecular flexibility index (Phi) is 4.20. The van der Waals surface area contributed by atoms with Crippen LogP contribution in [0.4, 0.5) is 0 Å². The first-order valence-electron chi connectivity index (χ1n) is 6.38. The first kappa shape index (κ1) is 13.9. The lowest BCUT2D eigenvalue weighted by Crippen LogP contribution is -2.36. The summed E-state index contributed by atoms with van der Waals surface area (Å²) in [6, 6.07) is 10.6. The zero-order valence-electron chi connectivity index (χ0n) is 11.1. The third-order valence-electron chi connectivity index (χ3n) is 2.89. The van der Waals surface area contributed by atoms with Crippen molar-refractivity contribution in [1.29, 1.82) is 0 Å². The van der Waals surface area contributed by atoms with Crippen molar-refractivity contribution in [3.05, 3.63) is 42.0 Å². The predicted molar refractivity (Wildman–Crippen MR) is 76.6 cm³/mol. The van der Waals surface area contributed by atoms with Gasteiger partial charge >= 0.3 is 0 Å². The lowest BCUT2D eigenvalue weighted by Gasteiger charge is -2.08. The van der Waals surface area contributed by atoms with Crippen molar-refractivity contribution in [2.75, 3.05) is 13.1 Å². The number of rotatable bonds is 4. The van der Waals surface area contributed by atoms with Gasteiger partial charge in [0.1, 0.15) is 5.75 Å². The van der Waals surface area contributed by atoms with Gasteiger partial charge in [-0.3, -0.25) is 9.59 Å². The molecule has 5 heteroatoms. The SMILES string of the molecule is CCNC(=O)CNC(=O)c1cc2ccccc2cc1O. The standard InChI is InChI=1S/C15H16N2O3/c1-2-16-14(19)9-17-15(20)12-7-10-5-3-4-6-11(10)8-13(12)18/h3-8,18H,2,9H2,1H3,(H,16,19)(H,17,20). The van der Waals surface area contributed by atoms with E-state index >= 15 is 0 Å². The number of carbonyl (C=O) groups excluding carboxylic acids is 2. The van der Waals surface area contributed by atoms with E-state index in [1.165, 1.54) is 6.07 Å². The van der Waals surface area contributed by atoms with Crippen molar-refractivity contribution in [3.63, 3.8) is 0 Å². The molecule has 20 heavy (non-hydrogen) atoms. The molecule has 2 amide bonds. The number of nitrogens with one attached hydrogen (secondary N) is 2. The van der Waals surface area contributed by atoms with Crippen LogP contribution in [0.25, 0.3) is 10.8 Å². The molecule has 5 nitrogen and oxygen atoms in total. The zero-order valence-corrected chi connectivity index (χ0v) is 11.1. The van der Waals surface area contributed by atoms with Crippen molar-refractivity contribution < 1.29 is 14.7 Å². The van der Waals surface area contributed by atoms with E-state index in [0.29, 0.717) is 6.54 Å². The first-order valence-corrected chi connectivity index (χ1v) is 6.38. The molecule has 0 saturated heterocycles. The molecule has 0 bridgehead atoms. The number of fused-ring (bicyclic) bond motifs is 1. The molecule has 0 aliphatic heterocycles. The monoisotopic (exact) mass is 272 g/mol. The van der Waals surface area contributed by atoms with E-state index < -0.39 is 5.91 Å². The molecule has 0 aromatic heterocycles. The van der Waals surface area contributed by atoms with Crippen LogP contribution in [0.15, 0.2) is 36.4 Å². The van der Waals surface area contributed by atoms with Crippen LogP contribution >= 0.6 is 0 Å². The van der Waals surface area contributed by atoms with Gasteiger partial charge in [0, 0.05) is 6.54 Å². The van der Waals surface area contributed by atoms with E-state index in [2.05, 4.69) is 10.6 Å². The number of phenols is 1. The highest BCUT2D eigenvalue weighted by atomic mass is 16.3. The summed E-state index contributed by atoms with van der Waals surface area (Å²) in [5.74, 6) is -0.835. The fourth-order valence-corrected chi connectivity index (χ4v) is 1.93. The molecule has 0 saturated carbocycles. The van der Waals surface area contributed by atoms with Crippen LogP contribution < -0.4 is 10.6 Å². The first-order chi connectivity index (χ1) is 9.61. The Morgan fingerprint density at radius 3 is 2.40 bits per heavy atom. The van der Waals surface area contributed by atoms with E-state index in [-0.39, 0.29) is 23.8 Å². The molecule has 104 valence electrons. The molecule has 2 aromatic rings. The van der Waals surface area contributed by atoms with Crippen molar-refractivity contribution in [2.45, 2.75) is 6.92 Å². The van der Waals surface area contributed by atoms with E-state index in [1.807, 2.05) is 24.3 Å². The van der Waals surface area contributed by atoms with E-state index in [4.69, 9.17) is 0 Å². The quantitative estimate of drug-likeness (QED) is 0.787. The third-order valence-corrected chi connectivity index (χ3v) is 2.89. The van der Waals surface area contributed by atoms with Gasteiger partial charge in [-0.25, -0.2) is 0 Å².